The van der Waals surface area contributed by atoms with Crippen molar-refractivity contribution in [2.24, 2.45) is 0 Å². The van der Waals surface area contributed by atoms with E-state index in [0.29, 0.717) is 42.4 Å². The number of nitrogens with one attached hydrogen (secondary N) is 1. The Hall–Kier alpha value is -3.61. The lowest BCUT2D eigenvalue weighted by Gasteiger charge is -2.20. The maximum atomic E-state index is 12.9. The Bertz CT molecular complexity index is 1020. The molecule has 3 aromatic rings. The summed E-state index contributed by atoms with van der Waals surface area (Å²) in [6, 6.07) is 12.9. The van der Waals surface area contributed by atoms with Crippen LogP contribution < -0.4 is 5.32 Å². The van der Waals surface area contributed by atoms with Crippen LogP contribution in [0.25, 0.3) is 11.3 Å². The number of hydrogen-bond acceptors (Lipinski definition) is 5. The fraction of sp³-hybridized carbons (Fsp3) is 0.261. The SMILES string of the molecule is CCN(CC)C(=O)c1cnc(C)nc1-c1ccc(CNC(=O)c2ccccn2)cc1. The summed E-state index contributed by atoms with van der Waals surface area (Å²) in [5.74, 6) is 0.299. The van der Waals surface area contributed by atoms with Crippen LogP contribution in [0, 0.1) is 6.92 Å². The number of aryl methyl sites for hydroxylation is 1. The summed E-state index contributed by atoms with van der Waals surface area (Å²) >= 11 is 0. The zero-order chi connectivity index (χ0) is 21.5. The van der Waals surface area contributed by atoms with Crippen LogP contribution in [0.4, 0.5) is 0 Å². The monoisotopic (exact) mass is 403 g/mol. The number of rotatable bonds is 7. The van der Waals surface area contributed by atoms with Gasteiger partial charge in [0.2, 0.25) is 0 Å². The van der Waals surface area contributed by atoms with Crippen LogP contribution in [-0.4, -0.2) is 44.8 Å². The number of aromatic nitrogens is 3. The molecular weight excluding hydrogens is 378 g/mol. The average molecular weight is 403 g/mol. The number of nitrogens with zero attached hydrogens (tertiary/aromatic N) is 4. The van der Waals surface area contributed by atoms with Crippen LogP contribution in [0.1, 0.15) is 46.1 Å². The largest absolute Gasteiger partial charge is 0.347 e. The molecule has 0 aliphatic carbocycles. The van der Waals surface area contributed by atoms with E-state index >= 15 is 0 Å². The number of pyridine rings is 1. The molecule has 3 rings (SSSR count). The second kappa shape index (κ2) is 9.73. The van der Waals surface area contributed by atoms with Crippen molar-refractivity contribution in [1.82, 2.24) is 25.2 Å². The van der Waals surface area contributed by atoms with Gasteiger partial charge in [-0.1, -0.05) is 30.3 Å². The van der Waals surface area contributed by atoms with Gasteiger partial charge < -0.3 is 10.2 Å². The maximum absolute atomic E-state index is 12.9. The number of amides is 2. The third kappa shape index (κ3) is 4.86. The van der Waals surface area contributed by atoms with E-state index in [1.807, 2.05) is 38.1 Å². The molecule has 0 saturated heterocycles. The predicted molar refractivity (Wildman–Crippen MR) is 115 cm³/mol. The quantitative estimate of drug-likeness (QED) is 0.654. The molecule has 0 spiro atoms. The Morgan fingerprint density at radius 1 is 1.00 bits per heavy atom. The van der Waals surface area contributed by atoms with Crippen LogP contribution in [0.2, 0.25) is 0 Å². The summed E-state index contributed by atoms with van der Waals surface area (Å²) in [5, 5.41) is 2.86. The first-order chi connectivity index (χ1) is 14.5. The van der Waals surface area contributed by atoms with E-state index in [-0.39, 0.29) is 11.8 Å². The third-order valence-corrected chi connectivity index (χ3v) is 4.77. The van der Waals surface area contributed by atoms with Crippen molar-refractivity contribution in [2.75, 3.05) is 13.1 Å². The van der Waals surface area contributed by atoms with Crippen molar-refractivity contribution in [3.05, 3.63) is 77.5 Å². The lowest BCUT2D eigenvalue weighted by atomic mass is 10.0. The molecule has 0 saturated carbocycles. The molecule has 0 aliphatic heterocycles. The first-order valence-electron chi connectivity index (χ1n) is 9.95. The molecule has 2 aromatic heterocycles. The van der Waals surface area contributed by atoms with Crippen molar-refractivity contribution < 1.29 is 9.59 Å². The van der Waals surface area contributed by atoms with Gasteiger partial charge in [-0.15, -0.1) is 0 Å². The molecule has 0 bridgehead atoms. The molecule has 30 heavy (non-hydrogen) atoms. The van der Waals surface area contributed by atoms with Gasteiger partial charge in [-0.2, -0.15) is 0 Å². The van der Waals surface area contributed by atoms with E-state index in [2.05, 4.69) is 20.3 Å². The minimum absolute atomic E-state index is 0.0818. The number of hydrogen-bond donors (Lipinski definition) is 1. The van der Waals surface area contributed by atoms with Crippen LogP contribution in [0.15, 0.2) is 54.9 Å². The highest BCUT2D eigenvalue weighted by Gasteiger charge is 2.19. The van der Waals surface area contributed by atoms with Crippen molar-refractivity contribution in [1.29, 1.82) is 0 Å². The molecule has 154 valence electrons. The Kier molecular flexibility index (Phi) is 6.85. The highest BCUT2D eigenvalue weighted by molar-refractivity contribution is 5.99. The summed E-state index contributed by atoms with van der Waals surface area (Å²) in [6.07, 6.45) is 3.18. The Balaban J connectivity index is 1.78. The lowest BCUT2D eigenvalue weighted by Crippen LogP contribution is -2.31. The second-order valence-corrected chi connectivity index (χ2v) is 6.75. The van der Waals surface area contributed by atoms with Crippen LogP contribution in [-0.2, 0) is 6.54 Å². The fourth-order valence-corrected chi connectivity index (χ4v) is 3.08. The van der Waals surface area contributed by atoms with Gasteiger partial charge in [-0.25, -0.2) is 9.97 Å². The summed E-state index contributed by atoms with van der Waals surface area (Å²) in [5.41, 5.74) is 3.25. The summed E-state index contributed by atoms with van der Waals surface area (Å²) < 4.78 is 0. The summed E-state index contributed by atoms with van der Waals surface area (Å²) in [4.78, 5) is 39.6. The molecule has 1 N–H and O–H groups in total. The Morgan fingerprint density at radius 2 is 1.73 bits per heavy atom. The molecule has 0 fully saturated rings. The second-order valence-electron chi connectivity index (χ2n) is 6.75. The van der Waals surface area contributed by atoms with E-state index in [1.54, 1.807) is 42.4 Å². The zero-order valence-corrected chi connectivity index (χ0v) is 17.4. The molecule has 2 heterocycles. The molecule has 2 amide bonds. The maximum Gasteiger partial charge on any atom is 0.270 e. The van der Waals surface area contributed by atoms with Gasteiger partial charge in [0.1, 0.15) is 11.5 Å². The normalized spacial score (nSPS) is 10.5. The van der Waals surface area contributed by atoms with E-state index in [1.165, 1.54) is 0 Å². The van der Waals surface area contributed by atoms with Crippen molar-refractivity contribution in [3.8, 4) is 11.3 Å². The summed E-state index contributed by atoms with van der Waals surface area (Å²) in [7, 11) is 0. The highest BCUT2D eigenvalue weighted by Crippen LogP contribution is 2.23. The lowest BCUT2D eigenvalue weighted by molar-refractivity contribution is 0.0772. The molecule has 7 nitrogen and oxygen atoms in total. The molecule has 0 aliphatic rings. The van der Waals surface area contributed by atoms with Gasteiger partial charge in [0, 0.05) is 37.6 Å². The standard InChI is InChI=1S/C23H25N5O2/c1-4-28(5-2)23(30)19-15-25-16(3)27-21(19)18-11-9-17(10-12-18)14-26-22(29)20-8-6-7-13-24-20/h6-13,15H,4-5,14H2,1-3H3,(H,26,29). The molecule has 0 unspecified atom stereocenters. The predicted octanol–water partition coefficient (Wildman–Crippen LogP) is 3.26. The minimum atomic E-state index is -0.224. The van der Waals surface area contributed by atoms with Crippen molar-refractivity contribution >= 4 is 11.8 Å². The highest BCUT2D eigenvalue weighted by atomic mass is 16.2. The van der Waals surface area contributed by atoms with Gasteiger partial charge in [-0.3, -0.25) is 14.6 Å². The van der Waals surface area contributed by atoms with Crippen LogP contribution in [0.5, 0.6) is 0 Å². The van der Waals surface area contributed by atoms with Crippen LogP contribution in [0.3, 0.4) is 0 Å². The zero-order valence-electron chi connectivity index (χ0n) is 17.4. The molecule has 7 heteroatoms. The topological polar surface area (TPSA) is 88.1 Å². The fourth-order valence-electron chi connectivity index (χ4n) is 3.08. The average Bonchev–Trinajstić information content (AvgIpc) is 2.79. The van der Waals surface area contributed by atoms with Gasteiger partial charge in [-0.05, 0) is 38.5 Å². The summed E-state index contributed by atoms with van der Waals surface area (Å²) in [6.45, 7) is 7.32. The third-order valence-electron chi connectivity index (χ3n) is 4.77. The Labute approximate surface area is 176 Å². The first kappa shape index (κ1) is 21.1. The van der Waals surface area contributed by atoms with E-state index in [0.717, 1.165) is 11.1 Å². The smallest absolute Gasteiger partial charge is 0.270 e. The molecule has 0 radical (unpaired) electrons. The van der Waals surface area contributed by atoms with Crippen molar-refractivity contribution in [2.45, 2.75) is 27.3 Å². The van der Waals surface area contributed by atoms with Gasteiger partial charge >= 0.3 is 0 Å². The van der Waals surface area contributed by atoms with E-state index in [4.69, 9.17) is 0 Å². The molecular formula is C23H25N5O2. The van der Waals surface area contributed by atoms with Gasteiger partial charge in [0.15, 0.2) is 0 Å². The first-order valence-corrected chi connectivity index (χ1v) is 9.95. The van der Waals surface area contributed by atoms with Gasteiger partial charge in [0.25, 0.3) is 11.8 Å². The molecule has 1 aromatic carbocycles. The minimum Gasteiger partial charge on any atom is -0.347 e. The van der Waals surface area contributed by atoms with Gasteiger partial charge in [0.05, 0.1) is 11.3 Å². The Morgan fingerprint density at radius 3 is 2.37 bits per heavy atom. The molecule has 0 atom stereocenters. The van der Waals surface area contributed by atoms with Crippen molar-refractivity contribution in [3.63, 3.8) is 0 Å². The van der Waals surface area contributed by atoms with E-state index in [9.17, 15) is 9.59 Å². The number of benzene rings is 1. The van der Waals surface area contributed by atoms with E-state index < -0.39 is 0 Å². The number of carbonyl (C=O) groups is 2. The number of carbonyl (C=O) groups excluding carboxylic acids is 2. The van der Waals surface area contributed by atoms with Crippen LogP contribution >= 0.6 is 0 Å².